The highest BCUT2D eigenvalue weighted by Crippen LogP contribution is 2.11. The molecule has 1 saturated heterocycles. The van der Waals surface area contributed by atoms with Crippen molar-refractivity contribution in [1.82, 2.24) is 25.4 Å². The molecule has 1 aromatic carbocycles. The van der Waals surface area contributed by atoms with Crippen LogP contribution >= 0.6 is 24.8 Å². The molecule has 3 rings (SSSR count). The summed E-state index contributed by atoms with van der Waals surface area (Å²) in [6.07, 6.45) is 6.42. The summed E-state index contributed by atoms with van der Waals surface area (Å²) in [6, 6.07) is 8.05. The number of hydrogen-bond acceptors (Lipinski definition) is 4. The third-order valence-electron chi connectivity index (χ3n) is 4.00. The molecule has 1 aliphatic heterocycles. The van der Waals surface area contributed by atoms with E-state index in [-0.39, 0.29) is 36.8 Å². The fourth-order valence-electron chi connectivity index (χ4n) is 2.75. The summed E-state index contributed by atoms with van der Waals surface area (Å²) in [4.78, 5) is 16.2. The van der Waals surface area contributed by atoms with Gasteiger partial charge in [-0.3, -0.25) is 4.79 Å². The van der Waals surface area contributed by atoms with Crippen LogP contribution < -0.4 is 10.6 Å². The number of benzene rings is 1. The Hall–Kier alpha value is -1.63. The summed E-state index contributed by atoms with van der Waals surface area (Å²) >= 11 is 0. The van der Waals surface area contributed by atoms with Gasteiger partial charge in [0.1, 0.15) is 12.7 Å². The van der Waals surface area contributed by atoms with Gasteiger partial charge in [0.2, 0.25) is 5.91 Å². The summed E-state index contributed by atoms with van der Waals surface area (Å²) in [5.41, 5.74) is 2.26. The molecule has 6 nitrogen and oxygen atoms in total. The van der Waals surface area contributed by atoms with Crippen LogP contribution in [0.1, 0.15) is 30.4 Å². The first-order valence-electron chi connectivity index (χ1n) is 7.73. The van der Waals surface area contributed by atoms with Crippen LogP contribution in [-0.4, -0.2) is 33.3 Å². The summed E-state index contributed by atoms with van der Waals surface area (Å²) in [6.45, 7) is 2.14. The lowest BCUT2D eigenvalue weighted by atomic mass is 10.0. The summed E-state index contributed by atoms with van der Waals surface area (Å²) in [5.74, 6) is 0.0928. The highest BCUT2D eigenvalue weighted by molar-refractivity contribution is 5.85. The average molecular weight is 372 g/mol. The third-order valence-corrected chi connectivity index (χ3v) is 4.00. The molecule has 0 radical (unpaired) electrons. The lowest BCUT2D eigenvalue weighted by molar-refractivity contribution is -0.123. The second-order valence-corrected chi connectivity index (χ2v) is 5.58. The quantitative estimate of drug-likeness (QED) is 0.842. The van der Waals surface area contributed by atoms with Gasteiger partial charge >= 0.3 is 0 Å². The molecular formula is C16H23Cl2N5O. The summed E-state index contributed by atoms with van der Waals surface area (Å²) in [5, 5.41) is 10.4. The van der Waals surface area contributed by atoms with E-state index in [1.807, 2.05) is 18.2 Å². The van der Waals surface area contributed by atoms with Gasteiger partial charge in [-0.05, 0) is 30.5 Å². The van der Waals surface area contributed by atoms with Crippen LogP contribution in [-0.2, 0) is 17.9 Å². The van der Waals surface area contributed by atoms with Crippen molar-refractivity contribution < 1.29 is 4.79 Å². The van der Waals surface area contributed by atoms with Crippen LogP contribution in [0.2, 0.25) is 0 Å². The van der Waals surface area contributed by atoms with Crippen molar-refractivity contribution in [2.75, 3.05) is 6.54 Å². The molecule has 1 aromatic heterocycles. The van der Waals surface area contributed by atoms with Crippen LogP contribution in [0.15, 0.2) is 36.9 Å². The van der Waals surface area contributed by atoms with Crippen molar-refractivity contribution in [3.63, 3.8) is 0 Å². The van der Waals surface area contributed by atoms with E-state index in [0.29, 0.717) is 13.1 Å². The normalized spacial score (nSPS) is 16.6. The van der Waals surface area contributed by atoms with Gasteiger partial charge in [0.25, 0.3) is 0 Å². The van der Waals surface area contributed by atoms with E-state index in [1.54, 1.807) is 11.0 Å². The first kappa shape index (κ1) is 20.4. The van der Waals surface area contributed by atoms with Gasteiger partial charge in [-0.25, -0.2) is 9.67 Å². The van der Waals surface area contributed by atoms with Gasteiger partial charge in [-0.1, -0.05) is 30.7 Å². The third kappa shape index (κ3) is 5.47. The maximum Gasteiger partial charge on any atom is 0.237 e. The van der Waals surface area contributed by atoms with Crippen LogP contribution in [0, 0.1) is 0 Å². The molecule has 1 aliphatic rings. The van der Waals surface area contributed by atoms with Crippen LogP contribution in [0.3, 0.4) is 0 Å². The smallest absolute Gasteiger partial charge is 0.237 e. The summed E-state index contributed by atoms with van der Waals surface area (Å²) < 4.78 is 1.78. The second kappa shape index (κ2) is 10.3. The van der Waals surface area contributed by atoms with Crippen molar-refractivity contribution in [2.45, 2.75) is 38.4 Å². The number of carbonyl (C=O) groups excluding carboxylic acids is 1. The van der Waals surface area contributed by atoms with Gasteiger partial charge in [0.05, 0.1) is 12.6 Å². The van der Waals surface area contributed by atoms with Crippen LogP contribution in [0.4, 0.5) is 0 Å². The van der Waals surface area contributed by atoms with Gasteiger partial charge in [-0.15, -0.1) is 24.8 Å². The monoisotopic (exact) mass is 371 g/mol. The Bertz CT molecular complexity index is 615. The predicted octanol–water partition coefficient (Wildman–Crippen LogP) is 1.93. The first-order chi connectivity index (χ1) is 10.8. The van der Waals surface area contributed by atoms with Crippen molar-refractivity contribution in [3.05, 3.63) is 48.0 Å². The van der Waals surface area contributed by atoms with E-state index in [1.165, 1.54) is 6.33 Å². The molecule has 24 heavy (non-hydrogen) atoms. The number of halogens is 2. The minimum atomic E-state index is -0.0452. The number of carbonyl (C=O) groups is 1. The van der Waals surface area contributed by atoms with Gasteiger partial charge < -0.3 is 10.6 Å². The fourth-order valence-corrected chi connectivity index (χ4v) is 2.75. The maximum atomic E-state index is 12.2. The lowest BCUT2D eigenvalue weighted by Gasteiger charge is -2.22. The number of amides is 1. The molecule has 132 valence electrons. The number of piperidine rings is 1. The van der Waals surface area contributed by atoms with Crippen molar-refractivity contribution >= 4 is 30.7 Å². The van der Waals surface area contributed by atoms with Gasteiger partial charge in [0, 0.05) is 6.54 Å². The van der Waals surface area contributed by atoms with Gasteiger partial charge in [0.15, 0.2) is 0 Å². The molecule has 0 aliphatic carbocycles. The largest absolute Gasteiger partial charge is 0.351 e. The Morgan fingerprint density at radius 1 is 1.25 bits per heavy atom. The number of nitrogens with one attached hydrogen (secondary N) is 2. The number of nitrogens with zero attached hydrogens (tertiary/aromatic N) is 3. The molecule has 2 heterocycles. The SMILES string of the molecule is Cl.Cl.O=C(NCc1ccccc1Cn1cncn1)C1CCCCN1. The number of aromatic nitrogens is 3. The molecule has 0 spiro atoms. The molecule has 1 fully saturated rings. The molecule has 1 atom stereocenters. The Kier molecular flexibility index (Phi) is 8.74. The average Bonchev–Trinajstić information content (AvgIpc) is 3.07. The minimum Gasteiger partial charge on any atom is -0.351 e. The summed E-state index contributed by atoms with van der Waals surface area (Å²) in [7, 11) is 0. The zero-order chi connectivity index (χ0) is 15.2. The second-order valence-electron chi connectivity index (χ2n) is 5.58. The Morgan fingerprint density at radius 3 is 2.71 bits per heavy atom. The molecule has 1 unspecified atom stereocenters. The minimum absolute atomic E-state index is 0. The first-order valence-corrected chi connectivity index (χ1v) is 7.73. The number of hydrogen-bond donors (Lipinski definition) is 2. The molecule has 1 amide bonds. The fraction of sp³-hybridized carbons (Fsp3) is 0.438. The van der Waals surface area contributed by atoms with Gasteiger partial charge in [-0.2, -0.15) is 5.10 Å². The highest BCUT2D eigenvalue weighted by Gasteiger charge is 2.20. The zero-order valence-electron chi connectivity index (χ0n) is 13.4. The maximum absolute atomic E-state index is 12.2. The van der Waals surface area contributed by atoms with E-state index in [0.717, 1.165) is 36.9 Å². The standard InChI is InChI=1S/C16H21N5O.2ClH/c22-16(15-7-3-4-8-18-15)19-9-13-5-1-2-6-14(13)10-21-12-17-11-20-21;;/h1-2,5-6,11-12,15,18H,3-4,7-10H2,(H,19,22);2*1H. The molecule has 0 bridgehead atoms. The predicted molar refractivity (Wildman–Crippen MR) is 97.6 cm³/mol. The van der Waals surface area contributed by atoms with E-state index in [9.17, 15) is 4.79 Å². The van der Waals surface area contributed by atoms with E-state index >= 15 is 0 Å². The Labute approximate surface area is 154 Å². The van der Waals surface area contributed by atoms with E-state index < -0.39 is 0 Å². The van der Waals surface area contributed by atoms with Crippen LogP contribution in [0.5, 0.6) is 0 Å². The van der Waals surface area contributed by atoms with Crippen molar-refractivity contribution in [1.29, 1.82) is 0 Å². The molecular weight excluding hydrogens is 349 g/mol. The Morgan fingerprint density at radius 2 is 2.04 bits per heavy atom. The van der Waals surface area contributed by atoms with E-state index in [2.05, 4.69) is 26.8 Å². The molecule has 8 heteroatoms. The van der Waals surface area contributed by atoms with Crippen molar-refractivity contribution in [3.8, 4) is 0 Å². The number of rotatable bonds is 5. The lowest BCUT2D eigenvalue weighted by Crippen LogP contribution is -2.46. The molecule has 2 N–H and O–H groups in total. The Balaban J connectivity index is 0.00000144. The molecule has 0 saturated carbocycles. The van der Waals surface area contributed by atoms with E-state index in [4.69, 9.17) is 0 Å². The highest BCUT2D eigenvalue weighted by atomic mass is 35.5. The molecule has 2 aromatic rings. The van der Waals surface area contributed by atoms with Crippen LogP contribution in [0.25, 0.3) is 0 Å². The topological polar surface area (TPSA) is 71.8 Å². The van der Waals surface area contributed by atoms with Crippen molar-refractivity contribution in [2.24, 2.45) is 0 Å². The zero-order valence-corrected chi connectivity index (χ0v) is 15.0.